The van der Waals surface area contributed by atoms with Crippen LogP contribution in [0.2, 0.25) is 0 Å². The van der Waals surface area contributed by atoms with Gasteiger partial charge in [0.25, 0.3) is 5.91 Å². The number of allylic oxidation sites excluding steroid dienone is 1. The van der Waals surface area contributed by atoms with Gasteiger partial charge in [-0.15, -0.1) is 6.58 Å². The smallest absolute Gasteiger partial charge is 0.338 e. The van der Waals surface area contributed by atoms with Gasteiger partial charge in [-0.25, -0.2) is 4.79 Å². The number of hydrogen-bond acceptors (Lipinski definition) is 5. The quantitative estimate of drug-likeness (QED) is 0.140. The maximum absolute atomic E-state index is 12.9. The van der Waals surface area contributed by atoms with Gasteiger partial charge in [-0.1, -0.05) is 50.0 Å². The highest BCUT2D eigenvalue weighted by atomic mass is 16.5. The molecule has 3 rings (SSSR count). The number of pyridine rings is 1. The largest absolute Gasteiger partial charge is 0.462 e. The Morgan fingerprint density at radius 3 is 2.43 bits per heavy atom. The van der Waals surface area contributed by atoms with Crippen LogP contribution in [-0.2, 0) is 11.2 Å². The maximum Gasteiger partial charge on any atom is 0.338 e. The van der Waals surface area contributed by atoms with Crippen LogP contribution in [0.1, 0.15) is 71.2 Å². The molecular weight excluding hydrogens is 462 g/mol. The Hall–Kier alpha value is -3.77. The van der Waals surface area contributed by atoms with Crippen molar-refractivity contribution in [1.29, 1.82) is 0 Å². The zero-order valence-electron chi connectivity index (χ0n) is 21.5. The van der Waals surface area contributed by atoms with Gasteiger partial charge in [-0.3, -0.25) is 9.78 Å². The Kier molecular flexibility index (Phi) is 11.5. The van der Waals surface area contributed by atoms with Crippen LogP contribution in [0, 0.1) is 0 Å². The number of hydrogen-bond donors (Lipinski definition) is 2. The number of ether oxygens (including phenoxy) is 1. The highest BCUT2D eigenvalue weighted by molar-refractivity contribution is 6.05. The average molecular weight is 500 g/mol. The molecule has 0 aliphatic heterocycles. The van der Waals surface area contributed by atoms with Crippen molar-refractivity contribution >= 4 is 17.6 Å². The zero-order valence-corrected chi connectivity index (χ0v) is 21.5. The van der Waals surface area contributed by atoms with Crippen molar-refractivity contribution < 1.29 is 14.3 Å². The van der Waals surface area contributed by atoms with E-state index in [4.69, 9.17) is 10.5 Å². The number of nitrogens with zero attached hydrogens (tertiary/aromatic N) is 1. The lowest BCUT2D eigenvalue weighted by atomic mass is 9.94. The molecule has 1 aromatic heterocycles. The van der Waals surface area contributed by atoms with Gasteiger partial charge in [0.1, 0.15) is 0 Å². The molecular formula is C31H37N3O3. The molecule has 0 radical (unpaired) electrons. The number of esters is 1. The number of nitrogens with one attached hydrogen (secondary N) is 1. The van der Waals surface area contributed by atoms with Crippen LogP contribution >= 0.6 is 0 Å². The third-order valence-electron chi connectivity index (χ3n) is 6.17. The van der Waals surface area contributed by atoms with Crippen molar-refractivity contribution in [3.63, 3.8) is 0 Å². The molecule has 0 saturated carbocycles. The molecule has 0 unspecified atom stereocenters. The fourth-order valence-electron chi connectivity index (χ4n) is 4.16. The minimum Gasteiger partial charge on any atom is -0.462 e. The Bertz CT molecular complexity index is 1160. The van der Waals surface area contributed by atoms with E-state index >= 15 is 0 Å². The third kappa shape index (κ3) is 8.99. The van der Waals surface area contributed by atoms with Crippen LogP contribution in [-0.4, -0.2) is 30.0 Å². The Morgan fingerprint density at radius 2 is 1.68 bits per heavy atom. The normalized spacial score (nSPS) is 10.6. The molecule has 3 aromatic rings. The summed E-state index contributed by atoms with van der Waals surface area (Å²) in [4.78, 5) is 29.5. The molecule has 2 aromatic carbocycles. The van der Waals surface area contributed by atoms with Crippen molar-refractivity contribution in [3.05, 3.63) is 96.3 Å². The van der Waals surface area contributed by atoms with E-state index in [2.05, 4.69) is 16.9 Å². The van der Waals surface area contributed by atoms with E-state index in [1.165, 1.54) is 19.3 Å². The highest BCUT2D eigenvalue weighted by Crippen LogP contribution is 2.27. The number of anilines is 1. The monoisotopic (exact) mass is 499 g/mol. The summed E-state index contributed by atoms with van der Waals surface area (Å²) >= 11 is 0. The Balaban J connectivity index is 1.64. The summed E-state index contributed by atoms with van der Waals surface area (Å²) in [5.41, 5.74) is 10.3. The second kappa shape index (κ2) is 15.4. The first kappa shape index (κ1) is 27.8. The minimum atomic E-state index is -0.334. The van der Waals surface area contributed by atoms with Crippen LogP contribution < -0.4 is 11.1 Å². The molecule has 0 aliphatic rings. The second-order valence-electron chi connectivity index (χ2n) is 9.02. The predicted molar refractivity (Wildman–Crippen MR) is 150 cm³/mol. The van der Waals surface area contributed by atoms with E-state index in [1.807, 2.05) is 36.4 Å². The fourth-order valence-corrected chi connectivity index (χ4v) is 4.16. The van der Waals surface area contributed by atoms with E-state index in [0.29, 0.717) is 36.4 Å². The van der Waals surface area contributed by atoms with Crippen LogP contribution in [0.25, 0.3) is 11.1 Å². The molecule has 0 saturated heterocycles. The van der Waals surface area contributed by atoms with Crippen LogP contribution in [0.3, 0.4) is 0 Å². The Morgan fingerprint density at radius 1 is 0.919 bits per heavy atom. The number of carbonyl (C=O) groups excluding carboxylic acids is 2. The number of nitrogens with two attached hydrogens (primary N) is 1. The van der Waals surface area contributed by atoms with E-state index in [0.717, 1.165) is 42.4 Å². The van der Waals surface area contributed by atoms with Gasteiger partial charge in [0.15, 0.2) is 0 Å². The van der Waals surface area contributed by atoms with Crippen molar-refractivity contribution in [2.45, 2.75) is 51.4 Å². The summed E-state index contributed by atoms with van der Waals surface area (Å²) in [6, 6.07) is 16.4. The number of aromatic nitrogens is 1. The molecule has 6 nitrogen and oxygen atoms in total. The Labute approximate surface area is 220 Å². The molecule has 6 heteroatoms. The van der Waals surface area contributed by atoms with Crippen LogP contribution in [0.15, 0.2) is 79.6 Å². The molecule has 0 spiro atoms. The minimum absolute atomic E-state index is 0.219. The van der Waals surface area contributed by atoms with E-state index in [9.17, 15) is 9.59 Å². The number of rotatable bonds is 15. The third-order valence-corrected chi connectivity index (χ3v) is 6.17. The second-order valence-corrected chi connectivity index (χ2v) is 9.02. The van der Waals surface area contributed by atoms with E-state index in [1.54, 1.807) is 36.7 Å². The maximum atomic E-state index is 12.9. The number of carbonyl (C=O) groups is 2. The van der Waals surface area contributed by atoms with Gasteiger partial charge in [-0.05, 0) is 85.3 Å². The highest BCUT2D eigenvalue weighted by Gasteiger charge is 2.14. The molecule has 1 heterocycles. The molecule has 0 fully saturated rings. The first-order valence-corrected chi connectivity index (χ1v) is 13.0. The lowest BCUT2D eigenvalue weighted by Gasteiger charge is -2.13. The van der Waals surface area contributed by atoms with Gasteiger partial charge in [0.05, 0.1) is 12.2 Å². The van der Waals surface area contributed by atoms with Crippen molar-refractivity contribution in [2.24, 2.45) is 5.73 Å². The molecule has 0 bridgehead atoms. The number of amides is 1. The number of unbranched alkanes of at least 4 members (excludes halogenated alkanes) is 6. The molecule has 3 N–H and O–H groups in total. The van der Waals surface area contributed by atoms with Crippen molar-refractivity contribution in [2.75, 3.05) is 18.5 Å². The fraction of sp³-hybridized carbons (Fsp3) is 0.323. The predicted octanol–water partition coefficient (Wildman–Crippen LogP) is 6.58. The molecule has 1 amide bonds. The van der Waals surface area contributed by atoms with Crippen molar-refractivity contribution in [1.82, 2.24) is 4.98 Å². The molecule has 37 heavy (non-hydrogen) atoms. The summed E-state index contributed by atoms with van der Waals surface area (Å²) in [5, 5.41) is 2.89. The SMILES string of the molecule is C=CCCCCCCCCOC(=O)c1cccc(-c2cc(C(=O)Nc3ccncc3)ccc2CCN)c1. The van der Waals surface area contributed by atoms with Crippen molar-refractivity contribution in [3.8, 4) is 11.1 Å². The van der Waals surface area contributed by atoms with Crippen LogP contribution in [0.5, 0.6) is 0 Å². The summed E-state index contributed by atoms with van der Waals surface area (Å²) in [5.74, 6) is -0.553. The van der Waals surface area contributed by atoms with E-state index in [-0.39, 0.29) is 11.9 Å². The van der Waals surface area contributed by atoms with Gasteiger partial charge in [0.2, 0.25) is 0 Å². The zero-order chi connectivity index (χ0) is 26.3. The summed E-state index contributed by atoms with van der Waals surface area (Å²) < 4.78 is 5.53. The van der Waals surface area contributed by atoms with Gasteiger partial charge in [-0.2, -0.15) is 0 Å². The molecule has 0 aliphatic carbocycles. The summed E-state index contributed by atoms with van der Waals surface area (Å²) in [7, 11) is 0. The topological polar surface area (TPSA) is 94.3 Å². The molecule has 194 valence electrons. The lowest BCUT2D eigenvalue weighted by molar-refractivity contribution is 0.0497. The average Bonchev–Trinajstić information content (AvgIpc) is 2.93. The number of benzene rings is 2. The lowest BCUT2D eigenvalue weighted by Crippen LogP contribution is -2.13. The van der Waals surface area contributed by atoms with Crippen LogP contribution in [0.4, 0.5) is 5.69 Å². The molecule has 0 atom stereocenters. The first-order valence-electron chi connectivity index (χ1n) is 13.0. The van der Waals surface area contributed by atoms with Gasteiger partial charge < -0.3 is 15.8 Å². The summed E-state index contributed by atoms with van der Waals surface area (Å²) in [6.45, 7) is 4.64. The van der Waals surface area contributed by atoms with Gasteiger partial charge in [0, 0.05) is 23.6 Å². The summed E-state index contributed by atoms with van der Waals surface area (Å²) in [6.07, 6.45) is 13.6. The van der Waals surface area contributed by atoms with E-state index < -0.39 is 0 Å². The standard InChI is InChI=1S/C31H37N3O3/c1-2-3-4-5-6-7-8-9-21-37-31(36)27-12-10-11-25(22-27)29-23-26(14-13-24(29)15-18-32)30(35)34-28-16-19-33-20-17-28/h2,10-14,16-17,19-20,22-23H,1,3-9,15,18,21,32H2,(H,33,34,35). The first-order chi connectivity index (χ1) is 18.1. The van der Waals surface area contributed by atoms with Gasteiger partial charge >= 0.3 is 5.97 Å².